The molecule has 1 aromatic heterocycles. The molecule has 0 radical (unpaired) electrons. The van der Waals surface area contributed by atoms with Gasteiger partial charge in [0, 0.05) is 16.1 Å². The number of phenolic OH excluding ortho intramolecular Hbond substituents is 1. The molecule has 26 heavy (non-hydrogen) atoms. The first-order valence-electron chi connectivity index (χ1n) is 8.32. The van der Waals surface area contributed by atoms with Crippen LogP contribution < -0.4 is 0 Å². The van der Waals surface area contributed by atoms with Gasteiger partial charge in [0.05, 0.1) is 11.4 Å². The van der Waals surface area contributed by atoms with E-state index in [0.29, 0.717) is 5.02 Å². The molecule has 0 saturated carbocycles. The second kappa shape index (κ2) is 7.03. The highest BCUT2D eigenvalue weighted by molar-refractivity contribution is 6.30. The van der Waals surface area contributed by atoms with Gasteiger partial charge in [-0.1, -0.05) is 66.2 Å². The number of phenols is 1. The van der Waals surface area contributed by atoms with Gasteiger partial charge in [-0.15, -0.1) is 0 Å². The summed E-state index contributed by atoms with van der Waals surface area (Å²) in [6.45, 7) is 0. The van der Waals surface area contributed by atoms with Crippen molar-refractivity contribution in [2.24, 2.45) is 0 Å². The van der Waals surface area contributed by atoms with E-state index in [9.17, 15) is 5.11 Å². The van der Waals surface area contributed by atoms with E-state index in [2.05, 4.69) is 18.2 Å². The summed E-state index contributed by atoms with van der Waals surface area (Å²) in [6.07, 6.45) is 0. The normalized spacial score (nSPS) is 10.7. The third kappa shape index (κ3) is 3.46. The molecule has 4 aromatic rings. The highest BCUT2D eigenvalue weighted by Gasteiger charge is 2.09. The van der Waals surface area contributed by atoms with Gasteiger partial charge in [-0.3, -0.25) is 0 Å². The van der Waals surface area contributed by atoms with E-state index in [-0.39, 0.29) is 5.75 Å². The van der Waals surface area contributed by atoms with E-state index in [1.54, 1.807) is 12.1 Å². The fourth-order valence-corrected chi connectivity index (χ4v) is 3.04. The molecule has 2 nitrogen and oxygen atoms in total. The van der Waals surface area contributed by atoms with Crippen molar-refractivity contribution in [2.75, 3.05) is 0 Å². The van der Waals surface area contributed by atoms with E-state index >= 15 is 0 Å². The van der Waals surface area contributed by atoms with Crippen LogP contribution in [-0.2, 0) is 0 Å². The molecule has 3 aromatic carbocycles. The molecule has 0 aliphatic heterocycles. The van der Waals surface area contributed by atoms with Crippen LogP contribution >= 0.6 is 11.6 Å². The zero-order chi connectivity index (χ0) is 17.9. The molecule has 1 heterocycles. The maximum Gasteiger partial charge on any atom is 0.116 e. The lowest BCUT2D eigenvalue weighted by atomic mass is 10.00. The van der Waals surface area contributed by atoms with Crippen LogP contribution in [0.15, 0.2) is 91.0 Å². The van der Waals surface area contributed by atoms with E-state index in [4.69, 9.17) is 16.6 Å². The van der Waals surface area contributed by atoms with Crippen LogP contribution in [0.25, 0.3) is 33.6 Å². The number of hydrogen-bond acceptors (Lipinski definition) is 2. The van der Waals surface area contributed by atoms with Crippen molar-refractivity contribution < 1.29 is 5.11 Å². The first-order valence-corrected chi connectivity index (χ1v) is 8.70. The highest BCUT2D eigenvalue weighted by atomic mass is 35.5. The standard InChI is InChI=1S/C23H16ClNO/c24-20-11-9-17(10-12-20)22-14-19(16-5-2-1-3-6-16)15-23(25-22)18-7-4-8-21(26)13-18/h1-15,26H. The van der Waals surface area contributed by atoms with Crippen molar-refractivity contribution in [3.63, 3.8) is 0 Å². The summed E-state index contributed by atoms with van der Waals surface area (Å²) in [7, 11) is 0. The zero-order valence-corrected chi connectivity index (χ0v) is 14.7. The molecule has 1 N–H and O–H groups in total. The second-order valence-corrected chi connectivity index (χ2v) is 6.49. The van der Waals surface area contributed by atoms with Crippen LogP contribution in [0.3, 0.4) is 0 Å². The van der Waals surface area contributed by atoms with Crippen LogP contribution in [0.4, 0.5) is 0 Å². The summed E-state index contributed by atoms with van der Waals surface area (Å²) in [5.41, 5.74) is 5.73. The maximum absolute atomic E-state index is 9.84. The Balaban J connectivity index is 1.91. The molecule has 0 fully saturated rings. The van der Waals surface area contributed by atoms with Crippen LogP contribution in [0, 0.1) is 0 Å². The monoisotopic (exact) mass is 357 g/mol. The summed E-state index contributed by atoms with van der Waals surface area (Å²) in [6, 6.07) is 29.1. The number of rotatable bonds is 3. The third-order valence-electron chi connectivity index (χ3n) is 4.21. The van der Waals surface area contributed by atoms with E-state index in [0.717, 1.165) is 33.6 Å². The van der Waals surface area contributed by atoms with Crippen molar-refractivity contribution in [3.8, 4) is 39.4 Å². The minimum atomic E-state index is 0.224. The van der Waals surface area contributed by atoms with Crippen molar-refractivity contribution in [2.45, 2.75) is 0 Å². The van der Waals surface area contributed by atoms with Gasteiger partial charge in [0.15, 0.2) is 0 Å². The van der Waals surface area contributed by atoms with Gasteiger partial charge >= 0.3 is 0 Å². The molecule has 0 saturated heterocycles. The Hall–Kier alpha value is -3.10. The predicted molar refractivity (Wildman–Crippen MR) is 107 cm³/mol. The van der Waals surface area contributed by atoms with Gasteiger partial charge in [-0.25, -0.2) is 4.98 Å². The number of aromatic nitrogens is 1. The SMILES string of the molecule is Oc1cccc(-c2cc(-c3ccccc3)cc(-c3ccc(Cl)cc3)n2)c1. The zero-order valence-electron chi connectivity index (χ0n) is 13.9. The number of benzene rings is 3. The lowest BCUT2D eigenvalue weighted by Gasteiger charge is -2.10. The second-order valence-electron chi connectivity index (χ2n) is 6.05. The number of halogens is 1. The fourth-order valence-electron chi connectivity index (χ4n) is 2.91. The largest absolute Gasteiger partial charge is 0.508 e. The Labute approximate surface area is 157 Å². The Morgan fingerprint density at radius 2 is 1.23 bits per heavy atom. The Bertz CT molecular complexity index is 1040. The lowest BCUT2D eigenvalue weighted by molar-refractivity contribution is 0.475. The summed E-state index contributed by atoms with van der Waals surface area (Å²) in [5, 5.41) is 10.5. The number of nitrogens with zero attached hydrogens (tertiary/aromatic N) is 1. The number of hydrogen-bond donors (Lipinski definition) is 1. The molecule has 3 heteroatoms. The molecule has 0 atom stereocenters. The topological polar surface area (TPSA) is 33.1 Å². The predicted octanol–water partition coefficient (Wildman–Crippen LogP) is 6.44. The Kier molecular flexibility index (Phi) is 4.42. The average Bonchev–Trinajstić information content (AvgIpc) is 2.69. The number of pyridine rings is 1. The van der Waals surface area contributed by atoms with Gasteiger partial charge in [0.1, 0.15) is 5.75 Å². The summed E-state index contributed by atoms with van der Waals surface area (Å²) in [4.78, 5) is 4.82. The molecule has 0 amide bonds. The molecule has 0 unspecified atom stereocenters. The summed E-state index contributed by atoms with van der Waals surface area (Å²) >= 11 is 6.02. The molecular formula is C23H16ClNO. The van der Waals surface area contributed by atoms with E-state index in [1.807, 2.05) is 60.7 Å². The number of aromatic hydroxyl groups is 1. The minimum absolute atomic E-state index is 0.224. The summed E-state index contributed by atoms with van der Waals surface area (Å²) < 4.78 is 0. The molecule has 0 spiro atoms. The minimum Gasteiger partial charge on any atom is -0.508 e. The third-order valence-corrected chi connectivity index (χ3v) is 4.47. The van der Waals surface area contributed by atoms with Crippen molar-refractivity contribution in [1.29, 1.82) is 0 Å². The molecule has 4 rings (SSSR count). The quantitative estimate of drug-likeness (QED) is 0.457. The summed E-state index contributed by atoms with van der Waals surface area (Å²) in [5.74, 6) is 0.224. The first kappa shape index (κ1) is 16.4. The molecule has 0 aliphatic rings. The van der Waals surface area contributed by atoms with Crippen molar-refractivity contribution in [3.05, 3.63) is 96.0 Å². The smallest absolute Gasteiger partial charge is 0.116 e. The van der Waals surface area contributed by atoms with E-state index < -0.39 is 0 Å². The van der Waals surface area contributed by atoms with Crippen LogP contribution in [0.1, 0.15) is 0 Å². The molecular weight excluding hydrogens is 342 g/mol. The van der Waals surface area contributed by atoms with Gasteiger partial charge < -0.3 is 5.11 Å². The highest BCUT2D eigenvalue weighted by Crippen LogP contribution is 2.31. The van der Waals surface area contributed by atoms with Crippen molar-refractivity contribution in [1.82, 2.24) is 4.98 Å². The van der Waals surface area contributed by atoms with E-state index in [1.165, 1.54) is 0 Å². The van der Waals surface area contributed by atoms with Gasteiger partial charge in [0.2, 0.25) is 0 Å². The van der Waals surface area contributed by atoms with Crippen LogP contribution in [0.2, 0.25) is 5.02 Å². The Morgan fingerprint density at radius 1 is 0.577 bits per heavy atom. The van der Waals surface area contributed by atoms with Gasteiger partial charge in [-0.05, 0) is 47.5 Å². The maximum atomic E-state index is 9.84. The molecule has 0 aliphatic carbocycles. The Morgan fingerprint density at radius 3 is 1.92 bits per heavy atom. The first-order chi connectivity index (χ1) is 12.7. The van der Waals surface area contributed by atoms with Crippen LogP contribution in [-0.4, -0.2) is 10.1 Å². The fraction of sp³-hybridized carbons (Fsp3) is 0. The molecule has 126 valence electrons. The van der Waals surface area contributed by atoms with Gasteiger partial charge in [-0.2, -0.15) is 0 Å². The van der Waals surface area contributed by atoms with Crippen molar-refractivity contribution >= 4 is 11.6 Å². The van der Waals surface area contributed by atoms with Crippen LogP contribution in [0.5, 0.6) is 5.75 Å². The molecule has 0 bridgehead atoms. The average molecular weight is 358 g/mol. The lowest BCUT2D eigenvalue weighted by Crippen LogP contribution is -1.91. The van der Waals surface area contributed by atoms with Gasteiger partial charge in [0.25, 0.3) is 0 Å².